The van der Waals surface area contributed by atoms with Crippen LogP contribution < -0.4 is 4.90 Å². The van der Waals surface area contributed by atoms with Crippen LogP contribution >= 0.6 is 0 Å². The van der Waals surface area contributed by atoms with Gasteiger partial charge in [0.05, 0.1) is 12.5 Å². The summed E-state index contributed by atoms with van der Waals surface area (Å²) >= 11 is 0. The summed E-state index contributed by atoms with van der Waals surface area (Å²) in [6, 6.07) is 9.65. The molecule has 0 saturated heterocycles. The second kappa shape index (κ2) is 5.16. The van der Waals surface area contributed by atoms with Gasteiger partial charge in [0, 0.05) is 24.3 Å². The van der Waals surface area contributed by atoms with Crippen molar-refractivity contribution in [3.63, 3.8) is 0 Å². The summed E-state index contributed by atoms with van der Waals surface area (Å²) < 4.78 is 0. The van der Waals surface area contributed by atoms with Gasteiger partial charge in [-0.15, -0.1) is 0 Å². The Kier molecular flexibility index (Phi) is 3.87. The second-order valence-corrected chi connectivity index (χ2v) is 3.53. The zero-order valence-corrected chi connectivity index (χ0v) is 8.97. The first-order valence-corrected chi connectivity index (χ1v) is 4.84. The smallest absolute Gasteiger partial charge is 0.150 e. The van der Waals surface area contributed by atoms with Gasteiger partial charge in [-0.05, 0) is 31.2 Å². The highest BCUT2D eigenvalue weighted by molar-refractivity contribution is 5.75. The lowest BCUT2D eigenvalue weighted by Crippen LogP contribution is -2.28. The van der Waals surface area contributed by atoms with Crippen LogP contribution in [0.4, 0.5) is 5.69 Å². The SMILES string of the molecule is CC(CC#N)N(C)c1ccc(C=O)cc1. The van der Waals surface area contributed by atoms with Crippen molar-refractivity contribution < 1.29 is 4.79 Å². The first-order valence-electron chi connectivity index (χ1n) is 4.84. The molecule has 78 valence electrons. The van der Waals surface area contributed by atoms with Crippen LogP contribution in [0.2, 0.25) is 0 Å². The Morgan fingerprint density at radius 1 is 1.47 bits per heavy atom. The Morgan fingerprint density at radius 2 is 2.07 bits per heavy atom. The molecule has 0 aliphatic carbocycles. The number of carbonyl (C=O) groups excluding carboxylic acids is 1. The number of aldehydes is 1. The zero-order chi connectivity index (χ0) is 11.3. The fraction of sp³-hybridized carbons (Fsp3) is 0.333. The van der Waals surface area contributed by atoms with Crippen LogP contribution in [0.5, 0.6) is 0 Å². The molecule has 1 atom stereocenters. The molecule has 0 aliphatic rings. The monoisotopic (exact) mass is 202 g/mol. The van der Waals surface area contributed by atoms with Crippen molar-refractivity contribution in [2.75, 3.05) is 11.9 Å². The third-order valence-electron chi connectivity index (χ3n) is 2.48. The predicted octanol–water partition coefficient (Wildman–Crippen LogP) is 2.24. The number of hydrogen-bond acceptors (Lipinski definition) is 3. The summed E-state index contributed by atoms with van der Waals surface area (Å²) in [7, 11) is 1.94. The fourth-order valence-corrected chi connectivity index (χ4v) is 1.31. The van der Waals surface area contributed by atoms with Crippen molar-refractivity contribution in [2.45, 2.75) is 19.4 Å². The van der Waals surface area contributed by atoms with Gasteiger partial charge in [0.1, 0.15) is 6.29 Å². The molecule has 0 saturated carbocycles. The largest absolute Gasteiger partial charge is 0.371 e. The van der Waals surface area contributed by atoms with Gasteiger partial charge in [0.2, 0.25) is 0 Å². The highest BCUT2D eigenvalue weighted by Gasteiger charge is 2.08. The van der Waals surface area contributed by atoms with Gasteiger partial charge >= 0.3 is 0 Å². The molecular formula is C12H14N2O. The number of hydrogen-bond donors (Lipinski definition) is 0. The van der Waals surface area contributed by atoms with E-state index >= 15 is 0 Å². The number of carbonyl (C=O) groups is 1. The minimum Gasteiger partial charge on any atom is -0.371 e. The van der Waals surface area contributed by atoms with E-state index in [4.69, 9.17) is 5.26 Å². The third-order valence-corrected chi connectivity index (χ3v) is 2.48. The Bertz CT molecular complexity index is 364. The Hall–Kier alpha value is -1.82. The van der Waals surface area contributed by atoms with Crippen LogP contribution in [0.1, 0.15) is 23.7 Å². The molecule has 3 nitrogen and oxygen atoms in total. The van der Waals surface area contributed by atoms with E-state index in [0.29, 0.717) is 12.0 Å². The molecule has 0 radical (unpaired) electrons. The maximum absolute atomic E-state index is 10.5. The van der Waals surface area contributed by atoms with Gasteiger partial charge in [0.15, 0.2) is 0 Å². The molecule has 0 N–H and O–H groups in total. The predicted molar refractivity (Wildman–Crippen MR) is 59.9 cm³/mol. The summed E-state index contributed by atoms with van der Waals surface area (Å²) in [5.74, 6) is 0. The van der Waals surface area contributed by atoms with E-state index in [-0.39, 0.29) is 6.04 Å². The van der Waals surface area contributed by atoms with Gasteiger partial charge in [-0.1, -0.05) is 0 Å². The molecule has 3 heteroatoms. The average Bonchev–Trinajstić information content (AvgIpc) is 2.28. The van der Waals surface area contributed by atoms with Gasteiger partial charge in [0.25, 0.3) is 0 Å². The molecule has 1 aromatic rings. The third kappa shape index (κ3) is 2.81. The molecule has 0 spiro atoms. The lowest BCUT2D eigenvalue weighted by molar-refractivity contribution is 0.112. The van der Waals surface area contributed by atoms with Gasteiger partial charge in [-0.3, -0.25) is 4.79 Å². The maximum atomic E-state index is 10.5. The number of benzene rings is 1. The van der Waals surface area contributed by atoms with Gasteiger partial charge in [-0.25, -0.2) is 0 Å². The van der Waals surface area contributed by atoms with Crippen LogP contribution in [0.3, 0.4) is 0 Å². The lowest BCUT2D eigenvalue weighted by Gasteiger charge is -2.25. The van der Waals surface area contributed by atoms with Gasteiger partial charge < -0.3 is 4.90 Å². The van der Waals surface area contributed by atoms with Crippen LogP contribution in [-0.4, -0.2) is 19.4 Å². The van der Waals surface area contributed by atoms with Crippen LogP contribution in [0.25, 0.3) is 0 Å². The Morgan fingerprint density at radius 3 is 2.53 bits per heavy atom. The number of nitrogens with zero attached hydrogens (tertiary/aromatic N) is 2. The quantitative estimate of drug-likeness (QED) is 0.703. The standard InChI is InChI=1S/C12H14N2O/c1-10(7-8-13)14(2)12-5-3-11(9-15)4-6-12/h3-6,9-10H,7H2,1-2H3. The van der Waals surface area contributed by atoms with E-state index < -0.39 is 0 Å². The number of anilines is 1. The topological polar surface area (TPSA) is 44.1 Å². The van der Waals surface area contributed by atoms with Crippen molar-refractivity contribution in [1.82, 2.24) is 0 Å². The molecular weight excluding hydrogens is 188 g/mol. The summed E-state index contributed by atoms with van der Waals surface area (Å²) in [5.41, 5.74) is 1.68. The Balaban J connectivity index is 2.78. The number of nitriles is 1. The van der Waals surface area contributed by atoms with Crippen molar-refractivity contribution in [3.8, 4) is 6.07 Å². The summed E-state index contributed by atoms with van der Waals surface area (Å²) in [6.45, 7) is 2.00. The number of rotatable bonds is 4. The van der Waals surface area contributed by atoms with Crippen molar-refractivity contribution >= 4 is 12.0 Å². The normalized spacial score (nSPS) is 11.5. The summed E-state index contributed by atoms with van der Waals surface area (Å²) in [6.07, 6.45) is 1.31. The Labute approximate surface area is 89.9 Å². The van der Waals surface area contributed by atoms with Crippen LogP contribution in [0, 0.1) is 11.3 Å². The molecule has 0 bridgehead atoms. The average molecular weight is 202 g/mol. The second-order valence-electron chi connectivity index (χ2n) is 3.53. The van der Waals surface area contributed by atoms with E-state index in [2.05, 4.69) is 6.07 Å². The van der Waals surface area contributed by atoms with E-state index in [1.807, 2.05) is 31.0 Å². The molecule has 1 aromatic carbocycles. The lowest BCUT2D eigenvalue weighted by atomic mass is 10.1. The first kappa shape index (κ1) is 11.3. The molecule has 0 aromatic heterocycles. The maximum Gasteiger partial charge on any atom is 0.150 e. The van der Waals surface area contributed by atoms with Crippen LogP contribution in [-0.2, 0) is 0 Å². The highest BCUT2D eigenvalue weighted by Crippen LogP contribution is 2.16. The molecule has 1 rings (SSSR count). The van der Waals surface area contributed by atoms with Crippen molar-refractivity contribution in [1.29, 1.82) is 5.26 Å². The van der Waals surface area contributed by atoms with Crippen LogP contribution in [0.15, 0.2) is 24.3 Å². The summed E-state index contributed by atoms with van der Waals surface area (Å²) in [5, 5.41) is 8.59. The minimum absolute atomic E-state index is 0.178. The van der Waals surface area contributed by atoms with E-state index in [9.17, 15) is 4.79 Å². The summed E-state index contributed by atoms with van der Waals surface area (Å²) in [4.78, 5) is 12.5. The van der Waals surface area contributed by atoms with Crippen molar-refractivity contribution in [3.05, 3.63) is 29.8 Å². The fourth-order valence-electron chi connectivity index (χ4n) is 1.31. The molecule has 0 fully saturated rings. The molecule has 0 aliphatic heterocycles. The zero-order valence-electron chi connectivity index (χ0n) is 8.97. The van der Waals surface area contributed by atoms with E-state index in [0.717, 1.165) is 12.0 Å². The molecule has 1 unspecified atom stereocenters. The van der Waals surface area contributed by atoms with Gasteiger partial charge in [-0.2, -0.15) is 5.26 Å². The first-order chi connectivity index (χ1) is 7.19. The molecule has 0 amide bonds. The minimum atomic E-state index is 0.178. The molecule has 0 heterocycles. The van der Waals surface area contributed by atoms with E-state index in [1.165, 1.54) is 0 Å². The van der Waals surface area contributed by atoms with Crippen molar-refractivity contribution in [2.24, 2.45) is 0 Å². The highest BCUT2D eigenvalue weighted by atomic mass is 16.1. The van der Waals surface area contributed by atoms with E-state index in [1.54, 1.807) is 12.1 Å². The molecule has 15 heavy (non-hydrogen) atoms.